The minimum atomic E-state index is -4.06. The molecule has 2 unspecified atom stereocenters. The maximum absolute atomic E-state index is 13.7. The van der Waals surface area contributed by atoms with E-state index in [-0.39, 0.29) is 57.0 Å². The number of nitrogens with one attached hydrogen (secondary N) is 2. The predicted molar refractivity (Wildman–Crippen MR) is 183 cm³/mol. The summed E-state index contributed by atoms with van der Waals surface area (Å²) in [6.45, 7) is 9.83. The fraction of sp³-hybridized carbons (Fsp3) is 0.645. The number of carbonyl (C=O) groups is 3. The van der Waals surface area contributed by atoms with Gasteiger partial charge in [0.1, 0.15) is 23.5 Å². The molecule has 0 aliphatic heterocycles. The van der Waals surface area contributed by atoms with Crippen molar-refractivity contribution in [2.75, 3.05) is 52.6 Å². The third-order valence-electron chi connectivity index (χ3n) is 6.87. The van der Waals surface area contributed by atoms with Crippen LogP contribution in [0.5, 0.6) is 0 Å². The van der Waals surface area contributed by atoms with E-state index in [0.717, 1.165) is 17.3 Å². The minimum absolute atomic E-state index is 0.0185. The van der Waals surface area contributed by atoms with Gasteiger partial charge in [0, 0.05) is 25.9 Å². The number of thiocarbonyl (C=S) groups is 1. The Balaban J connectivity index is 2.91. The highest BCUT2D eigenvalue weighted by Crippen LogP contribution is 2.42. The van der Waals surface area contributed by atoms with E-state index in [0.29, 0.717) is 21.8 Å². The van der Waals surface area contributed by atoms with Crippen molar-refractivity contribution in [2.45, 2.75) is 70.7 Å². The van der Waals surface area contributed by atoms with E-state index in [1.54, 1.807) is 34.6 Å². The zero-order valence-corrected chi connectivity index (χ0v) is 30.3. The molecule has 0 saturated carbocycles. The Morgan fingerprint density at radius 3 is 2.22 bits per heavy atom. The molecule has 1 aromatic carbocycles. The maximum Gasteiger partial charge on any atom is 0.407 e. The van der Waals surface area contributed by atoms with Crippen molar-refractivity contribution in [3.63, 3.8) is 0 Å². The molecule has 0 aliphatic rings. The predicted octanol–water partition coefficient (Wildman–Crippen LogP) is 4.09. The summed E-state index contributed by atoms with van der Waals surface area (Å²) in [7, 11) is -0.335. The zero-order chi connectivity index (χ0) is 35.2. The first-order chi connectivity index (χ1) is 21.1. The van der Waals surface area contributed by atoms with Gasteiger partial charge in [0.2, 0.25) is 5.91 Å². The van der Waals surface area contributed by atoms with Gasteiger partial charge < -0.3 is 24.6 Å². The smallest absolute Gasteiger partial charge is 0.407 e. The lowest BCUT2D eigenvalue weighted by Crippen LogP contribution is -2.45. The second-order valence-electron chi connectivity index (χ2n) is 13.3. The molecule has 1 aromatic rings. The van der Waals surface area contributed by atoms with Crippen molar-refractivity contribution in [1.29, 1.82) is 5.26 Å². The van der Waals surface area contributed by atoms with Crippen molar-refractivity contribution in [3.8, 4) is 6.07 Å². The van der Waals surface area contributed by atoms with E-state index in [2.05, 4.69) is 16.7 Å². The highest BCUT2D eigenvalue weighted by atomic mass is 32.2. The molecule has 12 nitrogen and oxygen atoms in total. The molecule has 0 fully saturated rings. The third-order valence-corrected chi connectivity index (χ3v) is 9.34. The lowest BCUT2D eigenvalue weighted by atomic mass is 9.78. The zero-order valence-electron chi connectivity index (χ0n) is 27.9. The van der Waals surface area contributed by atoms with Crippen LogP contribution in [0.2, 0.25) is 0 Å². The molecule has 1 rings (SSSR count). The number of amides is 2. The number of thioether (sulfide) groups is 1. The van der Waals surface area contributed by atoms with Crippen LogP contribution in [0.25, 0.3) is 0 Å². The van der Waals surface area contributed by atoms with Gasteiger partial charge in [-0.1, -0.05) is 54.3 Å². The first-order valence-electron chi connectivity index (χ1n) is 15.0. The molecule has 0 bridgehead atoms. The molecule has 0 radical (unpaired) electrons. The molecule has 3 N–H and O–H groups in total. The van der Waals surface area contributed by atoms with Crippen molar-refractivity contribution < 1.29 is 41.3 Å². The Bertz CT molecular complexity index is 1340. The molecule has 0 aliphatic carbocycles. The van der Waals surface area contributed by atoms with E-state index in [1.807, 2.05) is 44.4 Å². The first kappa shape index (κ1) is 41.3. The molecule has 15 heteroatoms. The van der Waals surface area contributed by atoms with Gasteiger partial charge in [0.05, 0.1) is 42.1 Å². The number of rotatable bonds is 18. The molecular weight excluding hydrogens is 653 g/mol. The summed E-state index contributed by atoms with van der Waals surface area (Å²) in [6, 6.07) is 11.5. The van der Waals surface area contributed by atoms with E-state index in [4.69, 9.17) is 26.2 Å². The normalized spacial score (nSPS) is 14.6. The summed E-state index contributed by atoms with van der Waals surface area (Å²) >= 11 is 6.81. The van der Waals surface area contributed by atoms with Crippen LogP contribution in [0.4, 0.5) is 4.79 Å². The molecule has 0 heterocycles. The average molecular weight is 702 g/mol. The monoisotopic (exact) mass is 701 g/mol. The van der Waals surface area contributed by atoms with Gasteiger partial charge in [0.15, 0.2) is 0 Å². The number of ether oxygens (including phenoxy) is 2. The number of likely N-dealkylation sites (N-methyl/N-ethyl adjacent to an activating group) is 1. The van der Waals surface area contributed by atoms with Crippen LogP contribution < -0.4 is 10.6 Å². The number of alkyl carbamates (subject to hydrolysis) is 1. The molecule has 46 heavy (non-hydrogen) atoms. The van der Waals surface area contributed by atoms with Crippen molar-refractivity contribution in [3.05, 3.63) is 35.9 Å². The number of quaternary nitrogens is 1. The Morgan fingerprint density at radius 2 is 1.65 bits per heavy atom. The number of nitriles is 1. The molecule has 0 aromatic heterocycles. The van der Waals surface area contributed by atoms with Crippen LogP contribution in [-0.2, 0) is 29.2 Å². The van der Waals surface area contributed by atoms with Crippen LogP contribution in [-0.4, -0.2) is 103 Å². The second kappa shape index (κ2) is 18.0. The van der Waals surface area contributed by atoms with Gasteiger partial charge in [-0.25, -0.2) is 4.79 Å². The largest absolute Gasteiger partial charge is 0.459 e. The lowest BCUT2D eigenvalue weighted by molar-refractivity contribution is -0.890. The van der Waals surface area contributed by atoms with E-state index >= 15 is 0 Å². The van der Waals surface area contributed by atoms with Crippen LogP contribution in [0, 0.1) is 16.7 Å². The van der Waals surface area contributed by atoms with Gasteiger partial charge >= 0.3 is 12.1 Å². The van der Waals surface area contributed by atoms with Crippen molar-refractivity contribution in [1.82, 2.24) is 10.6 Å². The van der Waals surface area contributed by atoms with Crippen LogP contribution in [0.15, 0.2) is 30.3 Å². The van der Waals surface area contributed by atoms with E-state index in [9.17, 15) is 28.1 Å². The maximum atomic E-state index is 13.7. The molecule has 0 saturated heterocycles. The quantitative estimate of drug-likeness (QED) is 0.0662. The van der Waals surface area contributed by atoms with Crippen molar-refractivity contribution >= 4 is 56.3 Å². The topological polar surface area (TPSA) is 172 Å². The van der Waals surface area contributed by atoms with Crippen LogP contribution >= 0.6 is 24.0 Å². The van der Waals surface area contributed by atoms with E-state index < -0.39 is 37.9 Å². The van der Waals surface area contributed by atoms with Crippen molar-refractivity contribution in [2.24, 2.45) is 5.41 Å². The summed E-state index contributed by atoms with van der Waals surface area (Å²) in [6.07, 6.45) is -0.116. The molecule has 2 amide bonds. The van der Waals surface area contributed by atoms with Gasteiger partial charge in [-0.15, -0.1) is 0 Å². The number of nitrogens with zero attached hydrogens (tertiary/aromatic N) is 2. The second-order valence-corrected chi connectivity index (χ2v) is 17.0. The van der Waals surface area contributed by atoms with Crippen LogP contribution in [0.1, 0.15) is 65.9 Å². The average Bonchev–Trinajstić information content (AvgIpc) is 2.92. The van der Waals surface area contributed by atoms with Gasteiger partial charge in [-0.2, -0.15) is 13.7 Å². The number of carbonyl (C=O) groups excluding carboxylic acids is 3. The molecular formula is C31H49N4O8S3+. The summed E-state index contributed by atoms with van der Waals surface area (Å²) in [5.74, 6) is -1.22. The Morgan fingerprint density at radius 1 is 1.04 bits per heavy atom. The standard InChI is InChI=1S/C31H48N4O8S3/c1-29(2,3)43-28(38)34-17-16-33-25(36)14-15-30(4,23-32)22-31(5,45-26(44)24-12-9-8-10-13-24)27(37)42-20-19-35(6,7)18-11-21-46(39,40)41/h8-10,12-13H,11,14-22H2,1-7H3,(H2-,33,34,36,38,39,40,41)/p+1. The third kappa shape index (κ3) is 17.2. The Hall–Kier alpha value is -2.77. The number of hydrogen-bond acceptors (Lipinski definition) is 10. The summed E-state index contributed by atoms with van der Waals surface area (Å²) in [4.78, 5) is 38.0. The fourth-order valence-electron chi connectivity index (χ4n) is 4.40. The van der Waals surface area contributed by atoms with Gasteiger partial charge in [-0.3, -0.25) is 14.1 Å². The first-order valence-corrected chi connectivity index (χ1v) is 17.8. The summed E-state index contributed by atoms with van der Waals surface area (Å²) < 4.78 is 41.6. The van der Waals surface area contributed by atoms with E-state index in [1.165, 1.54) is 0 Å². The minimum Gasteiger partial charge on any atom is -0.459 e. The highest BCUT2D eigenvalue weighted by Gasteiger charge is 2.44. The summed E-state index contributed by atoms with van der Waals surface area (Å²) in [5.41, 5.74) is -0.983. The van der Waals surface area contributed by atoms with Crippen LogP contribution in [0.3, 0.4) is 0 Å². The number of esters is 1. The Kier molecular flexibility index (Phi) is 16.1. The molecule has 2 atom stereocenters. The fourth-order valence-corrected chi connectivity index (χ4v) is 6.78. The highest BCUT2D eigenvalue weighted by molar-refractivity contribution is 8.25. The molecule has 258 valence electrons. The number of benzene rings is 1. The van der Waals surface area contributed by atoms with Gasteiger partial charge in [-0.05, 0) is 53.0 Å². The Labute approximate surface area is 283 Å². The van der Waals surface area contributed by atoms with Gasteiger partial charge in [0.25, 0.3) is 10.1 Å². The summed E-state index contributed by atoms with van der Waals surface area (Å²) in [5, 5.41) is 15.5. The number of hydrogen-bond donors (Lipinski definition) is 3. The SMILES string of the molecule is CC(C#N)(CCC(=O)NCCNC(=O)OC(C)(C)C)CC(C)(SC(=S)c1ccccc1)C(=O)OCC[N+](C)(C)CCCS(=O)(=O)O. The lowest BCUT2D eigenvalue weighted by Gasteiger charge is -2.34. The molecule has 0 spiro atoms.